The van der Waals surface area contributed by atoms with Crippen molar-refractivity contribution in [2.45, 2.75) is 38.0 Å². The summed E-state index contributed by atoms with van der Waals surface area (Å²) >= 11 is 0. The third-order valence-corrected chi connectivity index (χ3v) is 3.02. The minimum atomic E-state index is 0.202. The third-order valence-electron chi connectivity index (χ3n) is 3.02. The van der Waals surface area contributed by atoms with Gasteiger partial charge in [0, 0.05) is 19.1 Å². The van der Waals surface area contributed by atoms with Gasteiger partial charge in [0.15, 0.2) is 5.82 Å². The van der Waals surface area contributed by atoms with E-state index in [1.807, 2.05) is 0 Å². The molecule has 5 nitrogen and oxygen atoms in total. The number of nitrogens with zero attached hydrogens (tertiary/aromatic N) is 2. The van der Waals surface area contributed by atoms with Crippen LogP contribution in [0.3, 0.4) is 0 Å². The van der Waals surface area contributed by atoms with Gasteiger partial charge in [-0.25, -0.2) is 0 Å². The molecule has 5 heteroatoms. The number of hydrogen-bond acceptors (Lipinski definition) is 5. The highest BCUT2D eigenvalue weighted by molar-refractivity contribution is 5.01. The van der Waals surface area contributed by atoms with Crippen molar-refractivity contribution in [1.82, 2.24) is 10.1 Å². The standard InChI is InChI=1S/C11H19N3O2/c1-2-3-8(6-12)11-13-10(14-16-11)9-4-5-15-7-9/h8-9H,2-7,12H2,1H3. The van der Waals surface area contributed by atoms with Gasteiger partial charge in [0.05, 0.1) is 12.5 Å². The Kier molecular flexibility index (Phi) is 3.90. The van der Waals surface area contributed by atoms with Gasteiger partial charge in [-0.1, -0.05) is 18.5 Å². The number of aromatic nitrogens is 2. The molecule has 1 aromatic rings. The second-order valence-corrected chi connectivity index (χ2v) is 4.27. The highest BCUT2D eigenvalue weighted by Gasteiger charge is 2.25. The van der Waals surface area contributed by atoms with Gasteiger partial charge in [0.1, 0.15) is 0 Å². The van der Waals surface area contributed by atoms with Crippen LogP contribution in [0.15, 0.2) is 4.52 Å². The molecule has 1 fully saturated rings. The molecule has 16 heavy (non-hydrogen) atoms. The maximum atomic E-state index is 5.70. The molecule has 0 spiro atoms. The molecule has 0 radical (unpaired) electrons. The molecule has 2 heterocycles. The van der Waals surface area contributed by atoms with Crippen LogP contribution in [-0.4, -0.2) is 29.9 Å². The van der Waals surface area contributed by atoms with Crippen LogP contribution >= 0.6 is 0 Å². The summed E-state index contributed by atoms with van der Waals surface area (Å²) in [6.07, 6.45) is 3.06. The van der Waals surface area contributed by atoms with E-state index in [0.29, 0.717) is 25.0 Å². The first kappa shape index (κ1) is 11.5. The zero-order chi connectivity index (χ0) is 11.4. The van der Waals surface area contributed by atoms with Crippen molar-refractivity contribution in [2.24, 2.45) is 5.73 Å². The van der Waals surface area contributed by atoms with Gasteiger partial charge >= 0.3 is 0 Å². The summed E-state index contributed by atoms with van der Waals surface area (Å²) in [5.41, 5.74) is 5.70. The fourth-order valence-electron chi connectivity index (χ4n) is 2.01. The molecule has 90 valence electrons. The van der Waals surface area contributed by atoms with E-state index in [2.05, 4.69) is 17.1 Å². The Bertz CT molecular complexity index is 321. The lowest BCUT2D eigenvalue weighted by Gasteiger charge is -2.06. The van der Waals surface area contributed by atoms with E-state index < -0.39 is 0 Å². The van der Waals surface area contributed by atoms with Gasteiger partial charge in [-0.3, -0.25) is 0 Å². The molecule has 2 rings (SSSR count). The molecule has 0 amide bonds. The van der Waals surface area contributed by atoms with Crippen LogP contribution < -0.4 is 5.73 Å². The van der Waals surface area contributed by atoms with Crippen molar-refractivity contribution in [3.8, 4) is 0 Å². The molecule has 1 aliphatic heterocycles. The summed E-state index contributed by atoms with van der Waals surface area (Å²) in [7, 11) is 0. The third kappa shape index (κ3) is 2.41. The van der Waals surface area contributed by atoms with Gasteiger partial charge < -0.3 is 15.0 Å². The molecule has 1 aliphatic rings. The maximum absolute atomic E-state index is 5.70. The molecule has 0 saturated carbocycles. The lowest BCUT2D eigenvalue weighted by molar-refractivity contribution is 0.192. The number of hydrogen-bond donors (Lipinski definition) is 1. The Balaban J connectivity index is 2.05. The SMILES string of the molecule is CCCC(CN)c1nc(C2CCOC2)no1. The fourth-order valence-corrected chi connectivity index (χ4v) is 2.01. The Morgan fingerprint density at radius 2 is 2.44 bits per heavy atom. The molecular weight excluding hydrogens is 206 g/mol. The Morgan fingerprint density at radius 3 is 3.06 bits per heavy atom. The predicted molar refractivity (Wildman–Crippen MR) is 59.2 cm³/mol. The molecular formula is C11H19N3O2. The van der Waals surface area contributed by atoms with Gasteiger partial charge in [0.25, 0.3) is 0 Å². The molecule has 2 N–H and O–H groups in total. The summed E-state index contributed by atoms with van der Waals surface area (Å²) in [5, 5.41) is 4.03. The van der Waals surface area contributed by atoms with E-state index in [1.165, 1.54) is 0 Å². The molecule has 1 saturated heterocycles. The van der Waals surface area contributed by atoms with Crippen LogP contribution in [0.5, 0.6) is 0 Å². The second-order valence-electron chi connectivity index (χ2n) is 4.27. The minimum absolute atomic E-state index is 0.202. The molecule has 2 atom stereocenters. The summed E-state index contributed by atoms with van der Waals surface area (Å²) < 4.78 is 10.6. The van der Waals surface area contributed by atoms with E-state index in [1.54, 1.807) is 0 Å². The highest BCUT2D eigenvalue weighted by atomic mass is 16.5. The predicted octanol–water partition coefficient (Wildman–Crippen LogP) is 1.42. The van der Waals surface area contributed by atoms with Crippen molar-refractivity contribution < 1.29 is 9.26 Å². The van der Waals surface area contributed by atoms with Crippen molar-refractivity contribution in [3.63, 3.8) is 0 Å². The van der Waals surface area contributed by atoms with Crippen LogP contribution in [0.25, 0.3) is 0 Å². The number of ether oxygens (including phenoxy) is 1. The first-order valence-corrected chi connectivity index (χ1v) is 5.96. The van der Waals surface area contributed by atoms with E-state index in [0.717, 1.165) is 31.7 Å². The summed E-state index contributed by atoms with van der Waals surface area (Å²) in [6, 6.07) is 0. The summed E-state index contributed by atoms with van der Waals surface area (Å²) in [4.78, 5) is 4.44. The van der Waals surface area contributed by atoms with Crippen molar-refractivity contribution in [3.05, 3.63) is 11.7 Å². The van der Waals surface area contributed by atoms with Crippen molar-refractivity contribution >= 4 is 0 Å². The Morgan fingerprint density at radius 1 is 1.56 bits per heavy atom. The van der Waals surface area contributed by atoms with Crippen molar-refractivity contribution in [2.75, 3.05) is 19.8 Å². The van der Waals surface area contributed by atoms with Gasteiger partial charge in [-0.15, -0.1) is 0 Å². The summed E-state index contributed by atoms with van der Waals surface area (Å²) in [6.45, 7) is 4.20. The fraction of sp³-hybridized carbons (Fsp3) is 0.818. The van der Waals surface area contributed by atoms with Crippen LogP contribution in [0, 0.1) is 0 Å². The zero-order valence-corrected chi connectivity index (χ0v) is 9.69. The molecule has 0 bridgehead atoms. The monoisotopic (exact) mass is 225 g/mol. The number of rotatable bonds is 5. The molecule has 0 aliphatic carbocycles. The first-order chi connectivity index (χ1) is 7.85. The average molecular weight is 225 g/mol. The Labute approximate surface area is 95.3 Å². The topological polar surface area (TPSA) is 74.2 Å². The lowest BCUT2D eigenvalue weighted by atomic mass is 10.0. The second kappa shape index (κ2) is 5.41. The largest absolute Gasteiger partial charge is 0.381 e. The van der Waals surface area contributed by atoms with Crippen LogP contribution in [0.4, 0.5) is 0 Å². The van der Waals surface area contributed by atoms with E-state index in [4.69, 9.17) is 15.0 Å². The average Bonchev–Trinajstić information content (AvgIpc) is 2.95. The quantitative estimate of drug-likeness (QED) is 0.820. The van der Waals surface area contributed by atoms with E-state index >= 15 is 0 Å². The number of nitrogens with two attached hydrogens (primary N) is 1. The summed E-state index contributed by atoms with van der Waals surface area (Å²) in [5.74, 6) is 1.97. The first-order valence-electron chi connectivity index (χ1n) is 5.96. The maximum Gasteiger partial charge on any atom is 0.231 e. The Hall–Kier alpha value is -0.940. The molecule has 0 aromatic carbocycles. The smallest absolute Gasteiger partial charge is 0.231 e. The highest BCUT2D eigenvalue weighted by Crippen LogP contribution is 2.25. The van der Waals surface area contributed by atoms with Crippen LogP contribution in [-0.2, 0) is 4.74 Å². The molecule has 1 aromatic heterocycles. The van der Waals surface area contributed by atoms with Crippen molar-refractivity contribution in [1.29, 1.82) is 0 Å². The normalized spacial score (nSPS) is 22.5. The minimum Gasteiger partial charge on any atom is -0.381 e. The van der Waals surface area contributed by atoms with Gasteiger partial charge in [0.2, 0.25) is 5.89 Å². The van der Waals surface area contributed by atoms with E-state index in [9.17, 15) is 0 Å². The van der Waals surface area contributed by atoms with Gasteiger partial charge in [-0.05, 0) is 12.8 Å². The van der Waals surface area contributed by atoms with Crippen LogP contribution in [0.1, 0.15) is 49.7 Å². The molecule has 2 unspecified atom stereocenters. The van der Waals surface area contributed by atoms with Gasteiger partial charge in [-0.2, -0.15) is 4.98 Å². The van der Waals surface area contributed by atoms with Crippen LogP contribution in [0.2, 0.25) is 0 Å². The van der Waals surface area contributed by atoms with E-state index in [-0.39, 0.29) is 5.92 Å². The zero-order valence-electron chi connectivity index (χ0n) is 9.69. The lowest BCUT2D eigenvalue weighted by Crippen LogP contribution is -2.13.